The minimum atomic E-state index is -4.49. The number of aromatic nitrogens is 4. The fraction of sp³-hybridized carbons (Fsp3) is 0.188. The van der Waals surface area contributed by atoms with E-state index < -0.39 is 11.7 Å². The molecule has 2 heterocycles. The van der Waals surface area contributed by atoms with Crippen LogP contribution in [0.5, 0.6) is 5.88 Å². The van der Waals surface area contributed by atoms with Crippen molar-refractivity contribution in [2.45, 2.75) is 20.0 Å². The molecule has 130 valence electrons. The molecule has 0 radical (unpaired) electrons. The van der Waals surface area contributed by atoms with Crippen LogP contribution in [0.4, 0.5) is 25.1 Å². The molecule has 2 aromatic heterocycles. The molecule has 0 unspecified atom stereocenters. The highest BCUT2D eigenvalue weighted by Gasteiger charge is 2.30. The Bertz CT molecular complexity index is 900. The number of aromatic hydroxyl groups is 1. The second kappa shape index (κ2) is 6.08. The van der Waals surface area contributed by atoms with Gasteiger partial charge in [-0.1, -0.05) is 6.07 Å². The smallest absolute Gasteiger partial charge is 0.416 e. The molecular formula is C16H14F3N5O. The summed E-state index contributed by atoms with van der Waals surface area (Å²) in [6.45, 7) is 3.58. The summed E-state index contributed by atoms with van der Waals surface area (Å²) in [5, 5.41) is 12.8. The van der Waals surface area contributed by atoms with E-state index in [2.05, 4.69) is 20.3 Å². The van der Waals surface area contributed by atoms with Crippen LogP contribution in [0.25, 0.3) is 5.69 Å². The lowest BCUT2D eigenvalue weighted by atomic mass is 10.2. The molecule has 0 amide bonds. The summed E-state index contributed by atoms with van der Waals surface area (Å²) >= 11 is 0. The van der Waals surface area contributed by atoms with Crippen LogP contribution in [0, 0.1) is 13.8 Å². The van der Waals surface area contributed by atoms with Crippen molar-refractivity contribution in [3.63, 3.8) is 0 Å². The largest absolute Gasteiger partial charge is 0.493 e. The van der Waals surface area contributed by atoms with Crippen LogP contribution in [0.1, 0.15) is 17.0 Å². The molecule has 0 bridgehead atoms. The molecule has 0 spiro atoms. The number of hydrogen-bond acceptors (Lipinski definition) is 5. The van der Waals surface area contributed by atoms with Crippen molar-refractivity contribution in [2.75, 3.05) is 5.32 Å². The first-order valence-electron chi connectivity index (χ1n) is 7.27. The van der Waals surface area contributed by atoms with Crippen molar-refractivity contribution >= 4 is 11.9 Å². The van der Waals surface area contributed by atoms with E-state index in [0.29, 0.717) is 0 Å². The normalized spacial score (nSPS) is 11.6. The van der Waals surface area contributed by atoms with Gasteiger partial charge in [0.15, 0.2) is 0 Å². The maximum atomic E-state index is 12.9. The van der Waals surface area contributed by atoms with Crippen molar-refractivity contribution in [3.8, 4) is 11.6 Å². The number of benzene rings is 1. The fourth-order valence-electron chi connectivity index (χ4n) is 2.39. The number of anilines is 2. The van der Waals surface area contributed by atoms with Crippen LogP contribution in [-0.2, 0) is 6.18 Å². The van der Waals surface area contributed by atoms with Crippen molar-refractivity contribution in [1.82, 2.24) is 19.5 Å². The molecular weight excluding hydrogens is 335 g/mol. The number of imidazole rings is 1. The van der Waals surface area contributed by atoms with E-state index in [9.17, 15) is 18.3 Å². The highest BCUT2D eigenvalue weighted by molar-refractivity contribution is 5.53. The Balaban J connectivity index is 2.03. The molecule has 2 N–H and O–H groups in total. The molecule has 0 aliphatic heterocycles. The molecule has 0 aliphatic rings. The molecule has 9 heteroatoms. The van der Waals surface area contributed by atoms with Gasteiger partial charge in [0.2, 0.25) is 17.8 Å². The van der Waals surface area contributed by atoms with Crippen LogP contribution < -0.4 is 5.32 Å². The summed E-state index contributed by atoms with van der Waals surface area (Å²) in [4.78, 5) is 12.4. The molecule has 3 rings (SSSR count). The fourth-order valence-corrected chi connectivity index (χ4v) is 2.39. The van der Waals surface area contributed by atoms with Crippen molar-refractivity contribution in [3.05, 3.63) is 53.5 Å². The van der Waals surface area contributed by atoms with Gasteiger partial charge in [-0.15, -0.1) is 0 Å². The van der Waals surface area contributed by atoms with Gasteiger partial charge < -0.3 is 5.11 Å². The lowest BCUT2D eigenvalue weighted by Crippen LogP contribution is -2.08. The van der Waals surface area contributed by atoms with Gasteiger partial charge in [-0.3, -0.25) is 5.32 Å². The Labute approximate surface area is 141 Å². The average Bonchev–Trinajstić information content (AvgIpc) is 2.86. The van der Waals surface area contributed by atoms with Crippen LogP contribution in [0.2, 0.25) is 0 Å². The van der Waals surface area contributed by atoms with Gasteiger partial charge in [-0.25, -0.2) is 19.5 Å². The molecule has 0 fully saturated rings. The third-order valence-corrected chi connectivity index (χ3v) is 3.38. The minimum absolute atomic E-state index is 0.0989. The van der Waals surface area contributed by atoms with Gasteiger partial charge in [-0.2, -0.15) is 13.2 Å². The number of nitrogens with one attached hydrogen (secondary N) is 1. The summed E-state index contributed by atoms with van der Waals surface area (Å²) < 4.78 is 39.9. The maximum absolute atomic E-state index is 12.9. The standard InChI is InChI=1S/C16H14F3N5O/c1-9-6-10(2)22-14(21-9)23-15-20-8-13(25)24(15)12-5-3-4-11(7-12)16(17,18)19/h3-8,25H,1-2H3,(H,20,21,22,23). The highest BCUT2D eigenvalue weighted by Crippen LogP contribution is 2.32. The number of nitrogens with zero attached hydrogens (tertiary/aromatic N) is 4. The third kappa shape index (κ3) is 3.54. The quantitative estimate of drug-likeness (QED) is 0.753. The van der Waals surface area contributed by atoms with Crippen molar-refractivity contribution in [1.29, 1.82) is 0 Å². The number of halogens is 3. The number of aryl methyl sites for hydroxylation is 2. The predicted molar refractivity (Wildman–Crippen MR) is 85.0 cm³/mol. The van der Waals surface area contributed by atoms with E-state index in [-0.39, 0.29) is 23.5 Å². The minimum Gasteiger partial charge on any atom is -0.493 e. The van der Waals surface area contributed by atoms with Crippen LogP contribution in [0.3, 0.4) is 0 Å². The van der Waals surface area contributed by atoms with Gasteiger partial charge in [0.1, 0.15) is 0 Å². The second-order valence-electron chi connectivity index (χ2n) is 5.42. The van der Waals surface area contributed by atoms with Gasteiger partial charge in [0.25, 0.3) is 0 Å². The highest BCUT2D eigenvalue weighted by atomic mass is 19.4. The maximum Gasteiger partial charge on any atom is 0.416 e. The average molecular weight is 349 g/mol. The lowest BCUT2D eigenvalue weighted by Gasteiger charge is -2.13. The molecule has 0 aliphatic carbocycles. The summed E-state index contributed by atoms with van der Waals surface area (Å²) in [6.07, 6.45) is -3.36. The third-order valence-electron chi connectivity index (χ3n) is 3.38. The van der Waals surface area contributed by atoms with E-state index in [4.69, 9.17) is 0 Å². The molecule has 25 heavy (non-hydrogen) atoms. The Morgan fingerprint density at radius 2 is 1.76 bits per heavy atom. The van der Waals surface area contributed by atoms with E-state index in [1.165, 1.54) is 12.1 Å². The first kappa shape index (κ1) is 16.7. The number of rotatable bonds is 3. The van der Waals surface area contributed by atoms with E-state index in [1.807, 2.05) is 0 Å². The Hall–Kier alpha value is -3.10. The Morgan fingerprint density at radius 1 is 1.08 bits per heavy atom. The van der Waals surface area contributed by atoms with Crippen LogP contribution in [0.15, 0.2) is 36.5 Å². The van der Waals surface area contributed by atoms with Gasteiger partial charge >= 0.3 is 6.18 Å². The predicted octanol–water partition coefficient (Wildman–Crippen LogP) is 3.75. The second-order valence-corrected chi connectivity index (χ2v) is 5.42. The molecule has 0 saturated carbocycles. The van der Waals surface area contributed by atoms with Gasteiger partial charge in [0.05, 0.1) is 17.4 Å². The van der Waals surface area contributed by atoms with E-state index >= 15 is 0 Å². The zero-order valence-corrected chi connectivity index (χ0v) is 13.3. The van der Waals surface area contributed by atoms with Crippen LogP contribution in [-0.4, -0.2) is 24.6 Å². The monoisotopic (exact) mass is 349 g/mol. The summed E-state index contributed by atoms with van der Waals surface area (Å²) in [5.74, 6) is 0.0179. The molecule has 6 nitrogen and oxygen atoms in total. The zero-order valence-electron chi connectivity index (χ0n) is 13.3. The summed E-state index contributed by atoms with van der Waals surface area (Å²) in [7, 11) is 0. The van der Waals surface area contributed by atoms with E-state index in [0.717, 1.165) is 34.3 Å². The molecule has 0 saturated heterocycles. The van der Waals surface area contributed by atoms with Crippen molar-refractivity contribution < 1.29 is 18.3 Å². The Morgan fingerprint density at radius 3 is 2.40 bits per heavy atom. The van der Waals surface area contributed by atoms with Crippen LogP contribution >= 0.6 is 0 Å². The zero-order chi connectivity index (χ0) is 18.2. The van der Waals surface area contributed by atoms with E-state index in [1.54, 1.807) is 19.9 Å². The van der Waals surface area contributed by atoms with Crippen molar-refractivity contribution in [2.24, 2.45) is 0 Å². The summed E-state index contributed by atoms with van der Waals surface area (Å²) in [5.41, 5.74) is 0.719. The first-order valence-corrected chi connectivity index (χ1v) is 7.27. The summed E-state index contributed by atoms with van der Waals surface area (Å²) in [6, 6.07) is 6.35. The number of hydrogen-bond donors (Lipinski definition) is 2. The molecule has 1 aromatic carbocycles. The van der Waals surface area contributed by atoms with Gasteiger partial charge in [0, 0.05) is 11.4 Å². The number of alkyl halides is 3. The first-order chi connectivity index (χ1) is 11.7. The topological polar surface area (TPSA) is 75.9 Å². The van der Waals surface area contributed by atoms with Gasteiger partial charge in [-0.05, 0) is 38.1 Å². The lowest BCUT2D eigenvalue weighted by molar-refractivity contribution is -0.137. The Kier molecular flexibility index (Phi) is 4.07. The SMILES string of the molecule is Cc1cc(C)nc(Nc2ncc(O)n2-c2cccc(C(F)(F)F)c2)n1. The molecule has 0 atom stereocenters. The molecule has 3 aromatic rings.